The molecule has 0 aliphatic heterocycles. The fourth-order valence-corrected chi connectivity index (χ4v) is 2.69. The Morgan fingerprint density at radius 1 is 1.42 bits per heavy atom. The first-order valence-corrected chi connectivity index (χ1v) is 7.49. The molecule has 2 atom stereocenters. The highest BCUT2D eigenvalue weighted by molar-refractivity contribution is 5.80. The smallest absolute Gasteiger partial charge is 0.326 e. The first-order valence-electron chi connectivity index (χ1n) is 7.49. The minimum absolute atomic E-state index is 0.0578. The van der Waals surface area contributed by atoms with Gasteiger partial charge in [-0.25, -0.2) is 0 Å². The van der Waals surface area contributed by atoms with Gasteiger partial charge in [0.1, 0.15) is 5.54 Å². The van der Waals surface area contributed by atoms with Crippen LogP contribution in [0.5, 0.6) is 0 Å². The molecule has 1 aliphatic carbocycles. The Labute approximate surface area is 117 Å². The van der Waals surface area contributed by atoms with Gasteiger partial charge < -0.3 is 14.8 Å². The van der Waals surface area contributed by atoms with Crippen LogP contribution in [-0.2, 0) is 14.3 Å². The summed E-state index contributed by atoms with van der Waals surface area (Å²) in [4.78, 5) is 12.0. The molecular formula is C15H29NO3. The van der Waals surface area contributed by atoms with Crippen molar-refractivity contribution in [2.45, 2.75) is 64.5 Å². The van der Waals surface area contributed by atoms with Crippen LogP contribution in [0, 0.1) is 5.92 Å². The molecule has 4 heteroatoms. The zero-order valence-corrected chi connectivity index (χ0v) is 12.8. The Kier molecular flexibility index (Phi) is 6.80. The third-order valence-corrected chi connectivity index (χ3v) is 4.06. The molecule has 1 rings (SSSR count). The summed E-state index contributed by atoms with van der Waals surface area (Å²) in [5.74, 6) is 0.514. The van der Waals surface area contributed by atoms with Gasteiger partial charge in [0.05, 0.1) is 12.7 Å². The molecule has 0 aromatic heterocycles. The van der Waals surface area contributed by atoms with Crippen molar-refractivity contribution >= 4 is 5.97 Å². The second kappa shape index (κ2) is 7.85. The minimum atomic E-state index is -0.662. The van der Waals surface area contributed by atoms with E-state index in [9.17, 15) is 4.79 Å². The normalized spacial score (nSPS) is 21.1. The summed E-state index contributed by atoms with van der Waals surface area (Å²) in [6.45, 7) is 6.97. The third kappa shape index (κ3) is 5.11. The molecule has 4 nitrogen and oxygen atoms in total. The summed E-state index contributed by atoms with van der Waals surface area (Å²) in [6.07, 6.45) is 5.93. The van der Waals surface area contributed by atoms with Crippen LogP contribution in [0.2, 0.25) is 0 Å². The Balaban J connectivity index is 2.38. The quantitative estimate of drug-likeness (QED) is 0.689. The third-order valence-electron chi connectivity index (χ3n) is 4.06. The zero-order valence-electron chi connectivity index (χ0n) is 12.8. The Morgan fingerprint density at radius 3 is 2.58 bits per heavy atom. The number of hydrogen-bond acceptors (Lipinski definition) is 4. The van der Waals surface area contributed by atoms with Gasteiger partial charge in [0.2, 0.25) is 0 Å². The highest BCUT2D eigenvalue weighted by atomic mass is 16.5. The highest BCUT2D eigenvalue weighted by Gasteiger charge is 2.35. The van der Waals surface area contributed by atoms with Crippen molar-refractivity contribution in [2.24, 2.45) is 5.92 Å². The van der Waals surface area contributed by atoms with Gasteiger partial charge in [-0.1, -0.05) is 12.8 Å². The van der Waals surface area contributed by atoms with Crippen LogP contribution < -0.4 is 5.32 Å². The van der Waals surface area contributed by atoms with Crippen molar-refractivity contribution in [3.8, 4) is 0 Å². The monoisotopic (exact) mass is 271 g/mol. The van der Waals surface area contributed by atoms with Crippen LogP contribution in [0.15, 0.2) is 0 Å². The number of hydrogen-bond donors (Lipinski definition) is 1. The number of likely N-dealkylation sites (N-methyl/N-ethyl adjacent to an activating group) is 1. The van der Waals surface area contributed by atoms with Gasteiger partial charge in [-0.2, -0.15) is 0 Å². The van der Waals surface area contributed by atoms with Crippen molar-refractivity contribution < 1.29 is 14.3 Å². The van der Waals surface area contributed by atoms with Crippen LogP contribution in [-0.4, -0.2) is 37.9 Å². The van der Waals surface area contributed by atoms with Gasteiger partial charge in [-0.05, 0) is 46.6 Å². The molecule has 0 heterocycles. The van der Waals surface area contributed by atoms with Crippen molar-refractivity contribution in [3.63, 3.8) is 0 Å². The summed E-state index contributed by atoms with van der Waals surface area (Å²) in [5.41, 5.74) is -0.662. The maximum atomic E-state index is 12.0. The Morgan fingerprint density at radius 2 is 2.05 bits per heavy atom. The van der Waals surface area contributed by atoms with E-state index in [1.807, 2.05) is 20.8 Å². The van der Waals surface area contributed by atoms with E-state index in [1.54, 1.807) is 7.05 Å². The van der Waals surface area contributed by atoms with Crippen molar-refractivity contribution in [1.29, 1.82) is 0 Å². The molecule has 112 valence electrons. The average molecular weight is 271 g/mol. The number of nitrogens with one attached hydrogen (secondary N) is 1. The number of carbonyl (C=O) groups is 1. The van der Waals surface area contributed by atoms with E-state index in [0.717, 1.165) is 6.61 Å². The maximum absolute atomic E-state index is 12.0. The molecule has 1 saturated carbocycles. The Bertz CT molecular complexity index is 277. The predicted molar refractivity (Wildman–Crippen MR) is 76.1 cm³/mol. The number of esters is 1. The van der Waals surface area contributed by atoms with Crippen LogP contribution >= 0.6 is 0 Å². The van der Waals surface area contributed by atoms with Crippen molar-refractivity contribution in [1.82, 2.24) is 5.32 Å². The molecule has 1 aliphatic rings. The van der Waals surface area contributed by atoms with Crippen LogP contribution in [0.1, 0.15) is 52.9 Å². The lowest BCUT2D eigenvalue weighted by molar-refractivity contribution is -0.152. The molecule has 2 unspecified atom stereocenters. The Hall–Kier alpha value is -0.610. The van der Waals surface area contributed by atoms with E-state index >= 15 is 0 Å². The number of rotatable bonds is 8. The molecule has 0 aromatic rings. The second-order valence-corrected chi connectivity index (χ2v) is 5.80. The topological polar surface area (TPSA) is 47.6 Å². The van der Waals surface area contributed by atoms with Gasteiger partial charge in [-0.3, -0.25) is 4.79 Å². The summed E-state index contributed by atoms with van der Waals surface area (Å²) >= 11 is 0. The van der Waals surface area contributed by atoms with Crippen LogP contribution in [0.3, 0.4) is 0 Å². The number of ether oxygens (including phenoxy) is 2. The first kappa shape index (κ1) is 16.4. The van der Waals surface area contributed by atoms with E-state index < -0.39 is 5.54 Å². The molecule has 0 radical (unpaired) electrons. The SMILES string of the molecule is CCOC(=O)C(C)(CC(C)OCC1CCCC1)NC. The lowest BCUT2D eigenvalue weighted by atomic mass is 9.95. The van der Waals surface area contributed by atoms with E-state index in [1.165, 1.54) is 25.7 Å². The fraction of sp³-hybridized carbons (Fsp3) is 0.933. The maximum Gasteiger partial charge on any atom is 0.326 e. The van der Waals surface area contributed by atoms with Crippen molar-refractivity contribution in [3.05, 3.63) is 0 Å². The summed E-state index contributed by atoms with van der Waals surface area (Å²) < 4.78 is 11.0. The molecule has 1 N–H and O–H groups in total. The van der Waals surface area contributed by atoms with E-state index in [2.05, 4.69) is 5.32 Å². The summed E-state index contributed by atoms with van der Waals surface area (Å²) in [6, 6.07) is 0. The van der Waals surface area contributed by atoms with Gasteiger partial charge in [-0.15, -0.1) is 0 Å². The van der Waals surface area contributed by atoms with Gasteiger partial charge in [0.25, 0.3) is 0 Å². The van der Waals surface area contributed by atoms with Crippen LogP contribution in [0.4, 0.5) is 0 Å². The molecule has 1 fully saturated rings. The van der Waals surface area contributed by atoms with E-state index in [-0.39, 0.29) is 12.1 Å². The lowest BCUT2D eigenvalue weighted by Crippen LogP contribution is -2.50. The molecule has 0 amide bonds. The van der Waals surface area contributed by atoms with Gasteiger partial charge in [0.15, 0.2) is 0 Å². The molecule has 0 spiro atoms. The minimum Gasteiger partial charge on any atom is -0.465 e. The predicted octanol–water partition coefficient (Wildman–Crippen LogP) is 2.51. The largest absolute Gasteiger partial charge is 0.465 e. The fourth-order valence-electron chi connectivity index (χ4n) is 2.69. The summed E-state index contributed by atoms with van der Waals surface area (Å²) in [5, 5.41) is 3.07. The van der Waals surface area contributed by atoms with E-state index in [0.29, 0.717) is 18.9 Å². The van der Waals surface area contributed by atoms with Gasteiger partial charge in [0, 0.05) is 13.0 Å². The standard InChI is InChI=1S/C15H29NO3/c1-5-18-14(17)15(3,16-4)10-12(2)19-11-13-8-6-7-9-13/h12-13,16H,5-11H2,1-4H3. The molecular weight excluding hydrogens is 242 g/mol. The van der Waals surface area contributed by atoms with Crippen LogP contribution in [0.25, 0.3) is 0 Å². The average Bonchev–Trinajstić information content (AvgIpc) is 2.89. The molecule has 0 saturated heterocycles. The van der Waals surface area contributed by atoms with Gasteiger partial charge >= 0.3 is 5.97 Å². The number of carbonyl (C=O) groups excluding carboxylic acids is 1. The first-order chi connectivity index (χ1) is 9.01. The molecule has 0 aromatic carbocycles. The van der Waals surface area contributed by atoms with Crippen molar-refractivity contribution in [2.75, 3.05) is 20.3 Å². The summed E-state index contributed by atoms with van der Waals surface area (Å²) in [7, 11) is 1.79. The second-order valence-electron chi connectivity index (χ2n) is 5.80. The zero-order chi connectivity index (χ0) is 14.3. The highest BCUT2D eigenvalue weighted by Crippen LogP contribution is 2.26. The molecule has 19 heavy (non-hydrogen) atoms. The van der Waals surface area contributed by atoms with E-state index in [4.69, 9.17) is 9.47 Å². The lowest BCUT2D eigenvalue weighted by Gasteiger charge is -2.30. The molecule has 0 bridgehead atoms.